The number of aliphatic hydroxyl groups excluding tert-OH is 2. The van der Waals surface area contributed by atoms with Gasteiger partial charge >= 0.3 is 5.97 Å². The van der Waals surface area contributed by atoms with Crippen LogP contribution in [0.4, 0.5) is 5.69 Å². The van der Waals surface area contributed by atoms with Gasteiger partial charge in [-0.2, -0.15) is 4.73 Å². The first-order valence-electron chi connectivity index (χ1n) is 6.51. The first kappa shape index (κ1) is 18.3. The van der Waals surface area contributed by atoms with Gasteiger partial charge in [-0.1, -0.05) is 0 Å². The SMILES string of the molecule is COC(=O)C(=C(C)NCC(O)CO)c1c[n+]([O-])ccc1[N+](=O)[O-]. The molecule has 0 aromatic carbocycles. The fraction of sp³-hybridized carbons (Fsp3) is 0.385. The van der Waals surface area contributed by atoms with Crippen LogP contribution in [0, 0.1) is 15.3 Å². The average molecular weight is 327 g/mol. The molecule has 0 radical (unpaired) electrons. The molecule has 1 heterocycles. The maximum atomic E-state index is 12.0. The maximum Gasteiger partial charge on any atom is 0.340 e. The van der Waals surface area contributed by atoms with Gasteiger partial charge in [-0.3, -0.25) is 10.1 Å². The van der Waals surface area contributed by atoms with E-state index in [4.69, 9.17) is 5.11 Å². The number of pyridine rings is 1. The van der Waals surface area contributed by atoms with Gasteiger partial charge in [0, 0.05) is 12.2 Å². The number of carbonyl (C=O) groups excluding carboxylic acids is 1. The summed E-state index contributed by atoms with van der Waals surface area (Å²) in [5.41, 5.74) is -0.725. The van der Waals surface area contributed by atoms with Crippen molar-refractivity contribution < 1.29 is 29.4 Å². The molecule has 3 N–H and O–H groups in total. The van der Waals surface area contributed by atoms with Crippen molar-refractivity contribution in [3.63, 3.8) is 0 Å². The fourth-order valence-corrected chi connectivity index (χ4v) is 1.81. The highest BCUT2D eigenvalue weighted by Crippen LogP contribution is 2.27. The maximum absolute atomic E-state index is 12.0. The molecule has 0 aliphatic rings. The molecule has 10 nitrogen and oxygen atoms in total. The number of aromatic nitrogens is 1. The lowest BCUT2D eigenvalue weighted by molar-refractivity contribution is -0.606. The molecule has 23 heavy (non-hydrogen) atoms. The predicted molar refractivity (Wildman–Crippen MR) is 77.8 cm³/mol. The number of rotatable bonds is 7. The van der Waals surface area contributed by atoms with E-state index in [9.17, 15) is 25.2 Å². The van der Waals surface area contributed by atoms with Crippen molar-refractivity contribution in [2.45, 2.75) is 13.0 Å². The van der Waals surface area contributed by atoms with E-state index in [0.717, 1.165) is 25.6 Å². The highest BCUT2D eigenvalue weighted by Gasteiger charge is 2.28. The van der Waals surface area contributed by atoms with Crippen LogP contribution in [0.5, 0.6) is 0 Å². The number of hydrogen-bond acceptors (Lipinski definition) is 8. The van der Waals surface area contributed by atoms with E-state index in [1.165, 1.54) is 6.92 Å². The van der Waals surface area contributed by atoms with E-state index in [-0.39, 0.29) is 23.4 Å². The van der Waals surface area contributed by atoms with Crippen molar-refractivity contribution in [1.29, 1.82) is 0 Å². The number of aliphatic hydroxyl groups is 2. The van der Waals surface area contributed by atoms with Gasteiger partial charge in [-0.25, -0.2) is 4.79 Å². The number of methoxy groups -OCH3 is 1. The van der Waals surface area contributed by atoms with Crippen molar-refractivity contribution in [1.82, 2.24) is 5.32 Å². The van der Waals surface area contributed by atoms with Gasteiger partial charge in [0.15, 0.2) is 12.4 Å². The van der Waals surface area contributed by atoms with E-state index in [0.29, 0.717) is 4.73 Å². The molecule has 0 aliphatic carbocycles. The molecular weight excluding hydrogens is 310 g/mol. The average Bonchev–Trinajstić information content (AvgIpc) is 2.52. The summed E-state index contributed by atoms with van der Waals surface area (Å²) < 4.78 is 4.93. The van der Waals surface area contributed by atoms with E-state index in [2.05, 4.69) is 10.1 Å². The molecule has 0 aliphatic heterocycles. The summed E-state index contributed by atoms with van der Waals surface area (Å²) in [4.78, 5) is 22.4. The summed E-state index contributed by atoms with van der Waals surface area (Å²) in [6, 6.07) is 0.973. The fourth-order valence-electron chi connectivity index (χ4n) is 1.81. The van der Waals surface area contributed by atoms with Gasteiger partial charge in [0.1, 0.15) is 5.56 Å². The molecule has 0 spiro atoms. The highest BCUT2D eigenvalue weighted by atomic mass is 16.6. The van der Waals surface area contributed by atoms with Gasteiger partial charge < -0.3 is 25.5 Å². The molecule has 0 saturated heterocycles. The quantitative estimate of drug-likeness (QED) is 0.145. The molecular formula is C13H17N3O7. The Kier molecular flexibility index (Phi) is 6.42. The Hall–Kier alpha value is -2.72. The van der Waals surface area contributed by atoms with Crippen molar-refractivity contribution in [2.24, 2.45) is 0 Å². The standard InChI is InChI=1S/C13H17N3O7/c1-8(14-5-9(18)7-17)12(13(19)23-2)10-6-15(20)4-3-11(10)16(21)22/h3-4,6,9,14,17-18H,5,7H2,1-2H3. The Labute approximate surface area is 131 Å². The molecule has 0 fully saturated rings. The van der Waals surface area contributed by atoms with Crippen LogP contribution in [0.15, 0.2) is 24.2 Å². The number of nitrogens with one attached hydrogen (secondary N) is 1. The minimum Gasteiger partial charge on any atom is -0.619 e. The van der Waals surface area contributed by atoms with Crippen LogP contribution >= 0.6 is 0 Å². The number of esters is 1. The van der Waals surface area contributed by atoms with Gasteiger partial charge in [-0.05, 0) is 6.92 Å². The lowest BCUT2D eigenvalue weighted by Crippen LogP contribution is -2.30. The zero-order valence-corrected chi connectivity index (χ0v) is 12.6. The van der Waals surface area contributed by atoms with Gasteiger partial charge in [0.05, 0.1) is 36.4 Å². The van der Waals surface area contributed by atoms with Crippen molar-refractivity contribution in [2.75, 3.05) is 20.3 Å². The van der Waals surface area contributed by atoms with Crippen molar-refractivity contribution in [3.8, 4) is 0 Å². The van der Waals surface area contributed by atoms with Crippen LogP contribution in [-0.2, 0) is 9.53 Å². The molecule has 0 amide bonds. The minimum atomic E-state index is -1.08. The third kappa shape index (κ3) is 4.63. The first-order chi connectivity index (χ1) is 10.8. The van der Waals surface area contributed by atoms with E-state index >= 15 is 0 Å². The number of allylic oxidation sites excluding steroid dienone is 1. The summed E-state index contributed by atoms with van der Waals surface area (Å²) in [5.74, 6) is -0.886. The van der Waals surface area contributed by atoms with Crippen LogP contribution in [0.3, 0.4) is 0 Å². The summed E-state index contributed by atoms with van der Waals surface area (Å²) >= 11 is 0. The van der Waals surface area contributed by atoms with Gasteiger partial charge in [-0.15, -0.1) is 0 Å². The molecule has 1 aromatic rings. The van der Waals surface area contributed by atoms with Crippen molar-refractivity contribution >= 4 is 17.2 Å². The highest BCUT2D eigenvalue weighted by molar-refractivity contribution is 6.18. The summed E-state index contributed by atoms with van der Waals surface area (Å²) in [6.45, 7) is 0.836. The normalized spacial score (nSPS) is 13.0. The van der Waals surface area contributed by atoms with Crippen LogP contribution < -0.4 is 10.0 Å². The van der Waals surface area contributed by atoms with Crippen LogP contribution in [0.25, 0.3) is 5.57 Å². The Bertz CT molecular complexity index is 630. The van der Waals surface area contributed by atoms with E-state index < -0.39 is 29.3 Å². The summed E-state index contributed by atoms with van der Waals surface area (Å²) in [5, 5.41) is 43.3. The third-order valence-corrected chi connectivity index (χ3v) is 2.96. The molecule has 1 rings (SSSR count). The monoisotopic (exact) mass is 327 g/mol. The number of nitrogens with zero attached hydrogens (tertiary/aromatic N) is 2. The Morgan fingerprint density at radius 2 is 2.22 bits per heavy atom. The largest absolute Gasteiger partial charge is 0.619 e. The smallest absolute Gasteiger partial charge is 0.340 e. The lowest BCUT2D eigenvalue weighted by atomic mass is 10.0. The van der Waals surface area contributed by atoms with Gasteiger partial charge in [0.2, 0.25) is 0 Å². The molecule has 0 saturated carbocycles. The van der Waals surface area contributed by atoms with Crippen molar-refractivity contribution in [3.05, 3.63) is 45.0 Å². The van der Waals surface area contributed by atoms with Crippen LogP contribution in [0.1, 0.15) is 12.5 Å². The Morgan fingerprint density at radius 3 is 2.74 bits per heavy atom. The number of ether oxygens (including phenoxy) is 1. The zero-order valence-electron chi connectivity index (χ0n) is 12.6. The number of carbonyl (C=O) groups is 1. The molecule has 1 atom stereocenters. The summed E-state index contributed by atoms with van der Waals surface area (Å²) in [7, 11) is 1.10. The second-order valence-electron chi connectivity index (χ2n) is 4.57. The second-order valence-corrected chi connectivity index (χ2v) is 4.57. The molecule has 10 heteroatoms. The summed E-state index contributed by atoms with van der Waals surface area (Å²) in [6.07, 6.45) is 0.742. The molecule has 1 aromatic heterocycles. The Morgan fingerprint density at radius 1 is 1.57 bits per heavy atom. The minimum absolute atomic E-state index is 0.0964. The first-order valence-corrected chi connectivity index (χ1v) is 6.51. The van der Waals surface area contributed by atoms with Crippen LogP contribution in [0.2, 0.25) is 0 Å². The van der Waals surface area contributed by atoms with Crippen LogP contribution in [-0.4, -0.2) is 47.5 Å². The topological polar surface area (TPSA) is 149 Å². The predicted octanol–water partition coefficient (Wildman–Crippen LogP) is -0.925. The van der Waals surface area contributed by atoms with E-state index in [1.54, 1.807) is 0 Å². The third-order valence-electron chi connectivity index (χ3n) is 2.96. The number of nitro groups is 1. The molecule has 0 bridgehead atoms. The lowest BCUT2D eigenvalue weighted by Gasteiger charge is -2.14. The number of hydrogen-bond donors (Lipinski definition) is 3. The zero-order chi connectivity index (χ0) is 17.6. The van der Waals surface area contributed by atoms with Gasteiger partial charge in [0.25, 0.3) is 5.69 Å². The molecule has 1 unspecified atom stereocenters. The Balaban J connectivity index is 3.40. The van der Waals surface area contributed by atoms with E-state index in [1.807, 2.05) is 0 Å². The second kappa shape index (κ2) is 8.06. The molecule has 126 valence electrons.